The lowest BCUT2D eigenvalue weighted by Crippen LogP contribution is -2.21. The highest BCUT2D eigenvalue weighted by Gasteiger charge is 2.32. The summed E-state index contributed by atoms with van der Waals surface area (Å²) in [5.74, 6) is 0.704. The van der Waals surface area contributed by atoms with Crippen LogP contribution in [-0.4, -0.2) is 23.7 Å². The summed E-state index contributed by atoms with van der Waals surface area (Å²) >= 11 is 5.96. The lowest BCUT2D eigenvalue weighted by molar-refractivity contribution is -0.384. The van der Waals surface area contributed by atoms with Crippen LogP contribution in [0.15, 0.2) is 108 Å². The second-order valence-corrected chi connectivity index (χ2v) is 9.02. The molecule has 0 saturated heterocycles. The minimum absolute atomic E-state index is 0.0705. The number of amides is 1. The van der Waals surface area contributed by atoms with Gasteiger partial charge in [0, 0.05) is 22.7 Å². The van der Waals surface area contributed by atoms with Gasteiger partial charge in [0.25, 0.3) is 11.6 Å². The van der Waals surface area contributed by atoms with Crippen molar-refractivity contribution in [2.24, 2.45) is 5.10 Å². The van der Waals surface area contributed by atoms with Crippen molar-refractivity contribution in [3.05, 3.63) is 134 Å². The zero-order valence-corrected chi connectivity index (χ0v) is 21.5. The Kier molecular flexibility index (Phi) is 7.38. The normalized spacial score (nSPS) is 13.9. The van der Waals surface area contributed by atoms with Crippen molar-refractivity contribution in [2.45, 2.75) is 6.61 Å². The smallest absolute Gasteiger partial charge is 0.281 e. The number of carbonyl (C=O) groups is 1. The standard InChI is InChI=1S/C30H22ClN3O5/c1-38-28-18-21(9-16-27(28)39-19-20-7-10-23(31)11-8-20)17-26-29(22-5-3-2-4-6-22)32-33(30(26)35)24-12-14-25(15-13-24)34(36)37/h2-18H,19H2,1H3/b26-17+. The molecule has 4 aromatic rings. The molecule has 0 radical (unpaired) electrons. The van der Waals surface area contributed by atoms with E-state index in [-0.39, 0.29) is 11.6 Å². The molecule has 0 N–H and O–H groups in total. The van der Waals surface area contributed by atoms with Crippen LogP contribution in [0.25, 0.3) is 6.08 Å². The lowest BCUT2D eigenvalue weighted by Gasteiger charge is -2.12. The number of non-ortho nitro benzene ring substituents is 1. The summed E-state index contributed by atoms with van der Waals surface area (Å²) in [7, 11) is 1.55. The van der Waals surface area contributed by atoms with Crippen LogP contribution in [0.1, 0.15) is 16.7 Å². The van der Waals surface area contributed by atoms with E-state index in [9.17, 15) is 14.9 Å². The number of nitro groups is 1. The summed E-state index contributed by atoms with van der Waals surface area (Å²) < 4.78 is 11.5. The fourth-order valence-electron chi connectivity index (χ4n) is 4.05. The average Bonchev–Trinajstić information content (AvgIpc) is 3.29. The molecule has 1 aliphatic rings. The molecule has 0 saturated carbocycles. The summed E-state index contributed by atoms with van der Waals surface area (Å²) in [6.07, 6.45) is 1.74. The Balaban J connectivity index is 1.46. The van der Waals surface area contributed by atoms with Crippen LogP contribution in [0.4, 0.5) is 11.4 Å². The third kappa shape index (κ3) is 5.66. The van der Waals surface area contributed by atoms with Crippen LogP contribution in [0, 0.1) is 10.1 Å². The number of rotatable bonds is 8. The molecule has 0 spiro atoms. The highest BCUT2D eigenvalue weighted by Crippen LogP contribution is 2.32. The molecule has 0 fully saturated rings. The summed E-state index contributed by atoms with van der Waals surface area (Å²) in [5, 5.41) is 17.5. The summed E-state index contributed by atoms with van der Waals surface area (Å²) in [5.41, 5.74) is 3.64. The van der Waals surface area contributed by atoms with Gasteiger partial charge in [0.2, 0.25) is 0 Å². The van der Waals surface area contributed by atoms with Crippen molar-refractivity contribution in [3.63, 3.8) is 0 Å². The van der Waals surface area contributed by atoms with Gasteiger partial charge in [-0.25, -0.2) is 0 Å². The molecule has 194 valence electrons. The topological polar surface area (TPSA) is 94.3 Å². The first-order chi connectivity index (χ1) is 18.9. The molecule has 1 heterocycles. The molecule has 0 aliphatic carbocycles. The van der Waals surface area contributed by atoms with Crippen molar-refractivity contribution >= 4 is 40.7 Å². The van der Waals surface area contributed by atoms with Crippen molar-refractivity contribution in [1.82, 2.24) is 0 Å². The summed E-state index contributed by atoms with van der Waals surface area (Å²) in [4.78, 5) is 24.1. The maximum absolute atomic E-state index is 13.6. The molecule has 4 aromatic carbocycles. The van der Waals surface area contributed by atoms with Gasteiger partial charge in [-0.05, 0) is 53.6 Å². The van der Waals surface area contributed by atoms with Crippen LogP contribution in [0.3, 0.4) is 0 Å². The van der Waals surface area contributed by atoms with Crippen LogP contribution in [0.2, 0.25) is 5.02 Å². The molecule has 1 aliphatic heterocycles. The third-order valence-corrected chi connectivity index (χ3v) is 6.29. The van der Waals surface area contributed by atoms with Crippen molar-refractivity contribution in [3.8, 4) is 11.5 Å². The Morgan fingerprint density at radius 1 is 0.949 bits per heavy atom. The number of nitro benzene ring substituents is 1. The van der Waals surface area contributed by atoms with Gasteiger partial charge in [0.15, 0.2) is 11.5 Å². The molecular weight excluding hydrogens is 518 g/mol. The number of hydrogen-bond acceptors (Lipinski definition) is 6. The van der Waals surface area contributed by atoms with Crippen molar-refractivity contribution in [1.29, 1.82) is 0 Å². The van der Waals surface area contributed by atoms with E-state index >= 15 is 0 Å². The van der Waals surface area contributed by atoms with Gasteiger partial charge in [0.1, 0.15) is 12.3 Å². The predicted molar refractivity (Wildman–Crippen MR) is 150 cm³/mol. The Bertz CT molecular complexity index is 1580. The largest absolute Gasteiger partial charge is 0.493 e. The molecule has 0 unspecified atom stereocenters. The molecule has 0 atom stereocenters. The Hall–Kier alpha value is -4.95. The number of hydrogen-bond donors (Lipinski definition) is 0. The molecule has 8 nitrogen and oxygen atoms in total. The number of benzene rings is 4. The van der Waals surface area contributed by atoms with Crippen molar-refractivity contribution < 1.29 is 19.2 Å². The first-order valence-electron chi connectivity index (χ1n) is 11.9. The lowest BCUT2D eigenvalue weighted by atomic mass is 10.00. The van der Waals surface area contributed by atoms with Gasteiger partial charge in [-0.15, -0.1) is 0 Å². The maximum Gasteiger partial charge on any atom is 0.281 e. The summed E-state index contributed by atoms with van der Waals surface area (Å²) in [6, 6.07) is 27.8. The Morgan fingerprint density at radius 2 is 1.67 bits per heavy atom. The van der Waals surface area contributed by atoms with Gasteiger partial charge in [-0.3, -0.25) is 14.9 Å². The van der Waals surface area contributed by atoms with Gasteiger partial charge in [0.05, 0.1) is 23.3 Å². The van der Waals surface area contributed by atoms with E-state index in [1.807, 2.05) is 48.5 Å². The predicted octanol–water partition coefficient (Wildman–Crippen LogP) is 6.67. The average molecular weight is 540 g/mol. The highest BCUT2D eigenvalue weighted by molar-refractivity contribution is 6.37. The molecule has 9 heteroatoms. The van der Waals surface area contributed by atoms with Crippen LogP contribution in [0.5, 0.6) is 11.5 Å². The van der Waals surface area contributed by atoms with Crippen LogP contribution >= 0.6 is 11.6 Å². The van der Waals surface area contributed by atoms with E-state index in [1.165, 1.54) is 29.3 Å². The maximum atomic E-state index is 13.6. The number of anilines is 1. The van der Waals surface area contributed by atoms with E-state index < -0.39 is 4.92 Å². The van der Waals surface area contributed by atoms with Crippen LogP contribution in [-0.2, 0) is 11.4 Å². The number of ether oxygens (including phenoxy) is 2. The van der Waals surface area contributed by atoms with Gasteiger partial charge < -0.3 is 9.47 Å². The van der Waals surface area contributed by atoms with Gasteiger partial charge in [-0.1, -0.05) is 60.1 Å². The van der Waals surface area contributed by atoms with Gasteiger partial charge >= 0.3 is 0 Å². The second-order valence-electron chi connectivity index (χ2n) is 8.59. The van der Waals surface area contributed by atoms with E-state index in [2.05, 4.69) is 5.10 Å². The van der Waals surface area contributed by atoms with E-state index in [1.54, 1.807) is 37.5 Å². The molecule has 5 rings (SSSR count). The molecular formula is C30H22ClN3O5. The Labute approximate surface area is 229 Å². The SMILES string of the molecule is COc1cc(/C=C2/C(=O)N(c3ccc([N+](=O)[O-])cc3)N=C2c2ccccc2)ccc1OCc1ccc(Cl)cc1. The number of carbonyl (C=O) groups excluding carboxylic acids is 1. The monoisotopic (exact) mass is 539 g/mol. The number of methoxy groups -OCH3 is 1. The summed E-state index contributed by atoms with van der Waals surface area (Å²) in [6.45, 7) is 0.335. The molecule has 0 bridgehead atoms. The van der Waals surface area contributed by atoms with E-state index in [0.717, 1.165) is 11.1 Å². The van der Waals surface area contributed by atoms with E-state index in [4.69, 9.17) is 21.1 Å². The fraction of sp³-hybridized carbons (Fsp3) is 0.0667. The first-order valence-corrected chi connectivity index (χ1v) is 12.3. The second kappa shape index (κ2) is 11.2. The number of nitrogens with zero attached hydrogens (tertiary/aromatic N) is 3. The quantitative estimate of drug-likeness (QED) is 0.141. The highest BCUT2D eigenvalue weighted by atomic mass is 35.5. The van der Waals surface area contributed by atoms with Crippen LogP contribution < -0.4 is 14.5 Å². The molecule has 0 aromatic heterocycles. The van der Waals surface area contributed by atoms with Gasteiger partial charge in [-0.2, -0.15) is 10.1 Å². The molecule has 39 heavy (non-hydrogen) atoms. The van der Waals surface area contributed by atoms with E-state index in [0.29, 0.717) is 45.7 Å². The fourth-order valence-corrected chi connectivity index (χ4v) is 4.17. The number of halogens is 1. The number of hydrazone groups is 1. The molecule has 1 amide bonds. The Morgan fingerprint density at radius 3 is 2.33 bits per heavy atom. The zero-order chi connectivity index (χ0) is 27.4. The minimum atomic E-state index is -0.490. The minimum Gasteiger partial charge on any atom is -0.493 e. The zero-order valence-electron chi connectivity index (χ0n) is 20.8. The van der Waals surface area contributed by atoms with Crippen molar-refractivity contribution in [2.75, 3.05) is 12.1 Å². The first kappa shape index (κ1) is 25.7. The third-order valence-electron chi connectivity index (χ3n) is 6.04.